The Bertz CT molecular complexity index is 343. The Morgan fingerprint density at radius 3 is 2.55 bits per heavy atom. The van der Waals surface area contributed by atoms with Crippen LogP contribution in [-0.4, -0.2) is 18.1 Å². The SMILES string of the molecule is O=S(=O)=C1C=CC=C(Br)C1Br. The summed E-state index contributed by atoms with van der Waals surface area (Å²) in [5, 5.41) is 0. The molecule has 0 aromatic heterocycles. The summed E-state index contributed by atoms with van der Waals surface area (Å²) >= 11 is 6.46. The Hall–Kier alpha value is 0.130. The first-order valence-corrected chi connectivity index (χ1v) is 5.55. The summed E-state index contributed by atoms with van der Waals surface area (Å²) in [4.78, 5) is 0.116. The summed E-state index contributed by atoms with van der Waals surface area (Å²) in [5.41, 5.74) is 0. The zero-order valence-electron chi connectivity index (χ0n) is 5.29. The minimum atomic E-state index is -2.14. The zero-order valence-corrected chi connectivity index (χ0v) is 9.28. The average Bonchev–Trinajstić information content (AvgIpc) is 1.94. The molecule has 0 saturated heterocycles. The van der Waals surface area contributed by atoms with E-state index in [-0.39, 0.29) is 4.83 Å². The fourth-order valence-corrected chi connectivity index (χ4v) is 2.48. The molecule has 0 saturated carbocycles. The van der Waals surface area contributed by atoms with E-state index in [2.05, 4.69) is 31.9 Å². The van der Waals surface area contributed by atoms with Gasteiger partial charge in [0, 0.05) is 4.48 Å². The molecule has 1 aliphatic rings. The minimum absolute atomic E-state index is 0.231. The van der Waals surface area contributed by atoms with Crippen LogP contribution in [0.2, 0.25) is 0 Å². The molecule has 0 fully saturated rings. The van der Waals surface area contributed by atoms with Gasteiger partial charge in [-0.2, -0.15) is 8.42 Å². The van der Waals surface area contributed by atoms with Gasteiger partial charge in [0.1, 0.15) is 0 Å². The molecule has 1 atom stereocenters. The van der Waals surface area contributed by atoms with Crippen LogP contribution in [0.25, 0.3) is 0 Å². The van der Waals surface area contributed by atoms with E-state index in [1.54, 1.807) is 18.2 Å². The normalized spacial score (nSPS) is 23.3. The van der Waals surface area contributed by atoms with E-state index in [9.17, 15) is 8.42 Å². The van der Waals surface area contributed by atoms with Gasteiger partial charge in [-0.3, -0.25) is 0 Å². The summed E-state index contributed by atoms with van der Waals surface area (Å²) in [5.74, 6) is 0. The molecule has 0 spiro atoms. The molecule has 5 heteroatoms. The molecule has 0 amide bonds. The van der Waals surface area contributed by atoms with Crippen LogP contribution in [0.4, 0.5) is 0 Å². The monoisotopic (exact) mass is 298 g/mol. The maximum Gasteiger partial charge on any atom is 0.218 e. The van der Waals surface area contributed by atoms with Crippen molar-refractivity contribution in [2.24, 2.45) is 0 Å². The number of hydrogen-bond acceptors (Lipinski definition) is 2. The Morgan fingerprint density at radius 2 is 2.09 bits per heavy atom. The summed E-state index contributed by atoms with van der Waals surface area (Å²) in [6.07, 6.45) is 5.05. The molecule has 1 rings (SSSR count). The lowest BCUT2D eigenvalue weighted by Crippen LogP contribution is -2.14. The summed E-state index contributed by atoms with van der Waals surface area (Å²) in [7, 11) is -2.14. The fourth-order valence-electron chi connectivity index (χ4n) is 0.680. The Balaban J connectivity index is 3.20. The molecule has 11 heavy (non-hydrogen) atoms. The first-order chi connectivity index (χ1) is 5.13. The lowest BCUT2D eigenvalue weighted by Gasteiger charge is -2.08. The number of halogens is 2. The second-order valence-corrected chi connectivity index (χ2v) is 4.68. The molecule has 0 radical (unpaired) electrons. The molecule has 0 aromatic rings. The number of allylic oxidation sites excluding steroid dienone is 4. The second kappa shape index (κ2) is 3.69. The van der Waals surface area contributed by atoms with Gasteiger partial charge in [0.05, 0.1) is 9.69 Å². The van der Waals surface area contributed by atoms with Crippen LogP contribution >= 0.6 is 31.9 Å². The van der Waals surface area contributed by atoms with Crippen molar-refractivity contribution < 1.29 is 8.42 Å². The Labute approximate surface area is 82.8 Å². The first kappa shape index (κ1) is 9.22. The van der Waals surface area contributed by atoms with E-state index in [1.165, 1.54) is 0 Å². The molecule has 0 N–H and O–H groups in total. The topological polar surface area (TPSA) is 34.1 Å². The van der Waals surface area contributed by atoms with E-state index in [1.807, 2.05) is 0 Å². The summed E-state index contributed by atoms with van der Waals surface area (Å²) < 4.78 is 21.9. The van der Waals surface area contributed by atoms with Gasteiger partial charge in [0.2, 0.25) is 10.3 Å². The highest BCUT2D eigenvalue weighted by Crippen LogP contribution is 2.23. The molecule has 0 aromatic carbocycles. The number of rotatable bonds is 0. The van der Waals surface area contributed by atoms with Gasteiger partial charge in [-0.25, -0.2) is 0 Å². The van der Waals surface area contributed by atoms with E-state index >= 15 is 0 Å². The number of alkyl halides is 1. The lowest BCUT2D eigenvalue weighted by molar-refractivity contribution is 0.627. The van der Waals surface area contributed by atoms with Crippen molar-refractivity contribution in [2.45, 2.75) is 4.83 Å². The van der Waals surface area contributed by atoms with Gasteiger partial charge in [-0.15, -0.1) is 0 Å². The molecular weight excluding hydrogens is 296 g/mol. The van der Waals surface area contributed by atoms with Crippen molar-refractivity contribution in [3.8, 4) is 0 Å². The van der Waals surface area contributed by atoms with Gasteiger partial charge >= 0.3 is 0 Å². The predicted octanol–water partition coefficient (Wildman–Crippen LogP) is 1.65. The van der Waals surface area contributed by atoms with Crippen LogP contribution in [0.3, 0.4) is 0 Å². The van der Waals surface area contributed by atoms with Crippen LogP contribution in [0, 0.1) is 0 Å². The third kappa shape index (κ3) is 2.04. The molecule has 0 bridgehead atoms. The maximum absolute atomic E-state index is 10.5. The van der Waals surface area contributed by atoms with Crippen molar-refractivity contribution in [1.29, 1.82) is 0 Å². The minimum Gasteiger partial charge on any atom is -0.184 e. The van der Waals surface area contributed by atoms with Gasteiger partial charge in [-0.1, -0.05) is 44.0 Å². The quantitative estimate of drug-likeness (QED) is 0.503. The van der Waals surface area contributed by atoms with Gasteiger partial charge in [-0.05, 0) is 6.08 Å². The fraction of sp³-hybridized carbons (Fsp3) is 0.167. The van der Waals surface area contributed by atoms with Crippen molar-refractivity contribution in [1.82, 2.24) is 0 Å². The summed E-state index contributed by atoms with van der Waals surface area (Å²) in [6.45, 7) is 0. The highest BCUT2D eigenvalue weighted by Gasteiger charge is 2.16. The smallest absolute Gasteiger partial charge is 0.184 e. The highest BCUT2D eigenvalue weighted by molar-refractivity contribution is 9.14. The standard InChI is InChI=1S/C6H4Br2O2S/c7-4-2-1-3-5(6(4)8)11(9)10/h1-3,6H. The van der Waals surface area contributed by atoms with Gasteiger partial charge in [0.15, 0.2) is 0 Å². The molecule has 2 nitrogen and oxygen atoms in total. The van der Waals surface area contributed by atoms with Gasteiger partial charge < -0.3 is 0 Å². The Kier molecular flexibility index (Phi) is 3.09. The van der Waals surface area contributed by atoms with E-state index in [0.29, 0.717) is 4.86 Å². The Morgan fingerprint density at radius 1 is 1.45 bits per heavy atom. The van der Waals surface area contributed by atoms with Crippen LogP contribution in [0.5, 0.6) is 0 Å². The highest BCUT2D eigenvalue weighted by atomic mass is 79.9. The van der Waals surface area contributed by atoms with E-state index in [4.69, 9.17) is 0 Å². The zero-order chi connectivity index (χ0) is 8.43. The van der Waals surface area contributed by atoms with Crippen molar-refractivity contribution in [2.75, 3.05) is 0 Å². The largest absolute Gasteiger partial charge is 0.218 e. The molecule has 1 aliphatic carbocycles. The maximum atomic E-state index is 10.5. The third-order valence-corrected chi connectivity index (χ3v) is 4.58. The van der Waals surface area contributed by atoms with Crippen LogP contribution in [0.15, 0.2) is 22.7 Å². The van der Waals surface area contributed by atoms with E-state index in [0.717, 1.165) is 4.48 Å². The first-order valence-electron chi connectivity index (χ1n) is 2.77. The molecule has 0 heterocycles. The van der Waals surface area contributed by atoms with Crippen LogP contribution in [-0.2, 0) is 10.3 Å². The summed E-state index contributed by atoms with van der Waals surface area (Å²) in [6, 6.07) is 0. The molecule has 60 valence electrons. The van der Waals surface area contributed by atoms with Crippen LogP contribution < -0.4 is 0 Å². The predicted molar refractivity (Wildman–Crippen MR) is 52.8 cm³/mol. The van der Waals surface area contributed by atoms with Crippen molar-refractivity contribution in [3.63, 3.8) is 0 Å². The van der Waals surface area contributed by atoms with Crippen LogP contribution in [0.1, 0.15) is 0 Å². The molecule has 0 aliphatic heterocycles. The molecular formula is C6H4Br2O2S. The number of hydrogen-bond donors (Lipinski definition) is 0. The van der Waals surface area contributed by atoms with Gasteiger partial charge in [0.25, 0.3) is 0 Å². The average molecular weight is 300 g/mol. The van der Waals surface area contributed by atoms with Crippen molar-refractivity contribution >= 4 is 47.0 Å². The van der Waals surface area contributed by atoms with Crippen molar-refractivity contribution in [3.05, 3.63) is 22.7 Å². The van der Waals surface area contributed by atoms with E-state index < -0.39 is 10.3 Å². The molecule has 1 unspecified atom stereocenters. The third-order valence-electron chi connectivity index (χ3n) is 1.20. The lowest BCUT2D eigenvalue weighted by atomic mass is 10.2. The second-order valence-electron chi connectivity index (χ2n) is 1.91.